The van der Waals surface area contributed by atoms with Crippen LogP contribution in [0.5, 0.6) is 0 Å². The zero-order chi connectivity index (χ0) is 14.6. The summed E-state index contributed by atoms with van der Waals surface area (Å²) in [4.78, 5) is 7.11. The van der Waals surface area contributed by atoms with Gasteiger partial charge in [0.25, 0.3) is 0 Å². The van der Waals surface area contributed by atoms with Gasteiger partial charge in [0.15, 0.2) is 5.96 Å². The molecule has 0 aromatic heterocycles. The highest BCUT2D eigenvalue weighted by Crippen LogP contribution is 2.25. The van der Waals surface area contributed by atoms with E-state index < -0.39 is 0 Å². The average molecular weight is 412 g/mol. The maximum absolute atomic E-state index is 5.32. The fourth-order valence-corrected chi connectivity index (χ4v) is 2.20. The molecule has 126 valence electrons. The molecule has 1 fully saturated rings. The number of ether oxygens (including phenoxy) is 1. The molecule has 0 unspecified atom stereocenters. The monoisotopic (exact) mass is 412 g/mol. The largest absolute Gasteiger partial charge is 0.382 e. The Kier molecular flexibility index (Phi) is 13.5. The van der Waals surface area contributed by atoms with Crippen LogP contribution in [0.1, 0.15) is 40.0 Å². The van der Waals surface area contributed by atoms with Gasteiger partial charge in [-0.1, -0.05) is 6.92 Å². The van der Waals surface area contributed by atoms with E-state index >= 15 is 0 Å². The van der Waals surface area contributed by atoms with Gasteiger partial charge in [-0.05, 0) is 39.7 Å². The second-order valence-corrected chi connectivity index (χ2v) is 5.10. The molecule has 0 radical (unpaired) electrons. The van der Waals surface area contributed by atoms with Crippen molar-refractivity contribution in [2.75, 3.05) is 45.9 Å². The molecule has 0 aliphatic heterocycles. The van der Waals surface area contributed by atoms with E-state index in [9.17, 15) is 0 Å². The smallest absolute Gasteiger partial charge is 0.191 e. The summed E-state index contributed by atoms with van der Waals surface area (Å²) in [5, 5.41) is 6.71. The summed E-state index contributed by atoms with van der Waals surface area (Å²) in [6.45, 7) is 12.9. The molecule has 1 aliphatic carbocycles. The lowest BCUT2D eigenvalue weighted by atomic mass is 10.4. The van der Waals surface area contributed by atoms with E-state index in [0.29, 0.717) is 0 Å². The highest BCUT2D eigenvalue weighted by Gasteiger charge is 2.27. The quantitative estimate of drug-likeness (QED) is 0.236. The minimum absolute atomic E-state index is 0. The number of hydrogen-bond acceptors (Lipinski definition) is 3. The third-order valence-electron chi connectivity index (χ3n) is 3.43. The van der Waals surface area contributed by atoms with Crippen LogP contribution < -0.4 is 10.6 Å². The SMILES string of the molecule is CCNC(=NCCCOCC)NCCN(CC)C1CC1.I. The summed E-state index contributed by atoms with van der Waals surface area (Å²) in [6.07, 6.45) is 3.73. The molecule has 1 saturated carbocycles. The summed E-state index contributed by atoms with van der Waals surface area (Å²) >= 11 is 0. The first-order valence-electron chi connectivity index (χ1n) is 8.15. The molecule has 0 amide bonds. The molecule has 0 bridgehead atoms. The van der Waals surface area contributed by atoms with Gasteiger partial charge in [-0.2, -0.15) is 0 Å². The Bertz CT molecular complexity index is 272. The Morgan fingerprint density at radius 3 is 2.57 bits per heavy atom. The molecular weight excluding hydrogens is 379 g/mol. The van der Waals surface area contributed by atoms with Crippen molar-refractivity contribution in [2.45, 2.75) is 46.1 Å². The number of nitrogens with zero attached hydrogens (tertiary/aromatic N) is 2. The Morgan fingerprint density at radius 1 is 1.24 bits per heavy atom. The van der Waals surface area contributed by atoms with E-state index in [4.69, 9.17) is 4.74 Å². The van der Waals surface area contributed by atoms with Crippen molar-refractivity contribution >= 4 is 29.9 Å². The summed E-state index contributed by atoms with van der Waals surface area (Å²) in [5.41, 5.74) is 0. The van der Waals surface area contributed by atoms with Gasteiger partial charge in [-0.25, -0.2) is 0 Å². The summed E-state index contributed by atoms with van der Waals surface area (Å²) < 4.78 is 5.32. The van der Waals surface area contributed by atoms with Gasteiger partial charge in [0, 0.05) is 45.4 Å². The van der Waals surface area contributed by atoms with Gasteiger partial charge in [-0.3, -0.25) is 9.89 Å². The van der Waals surface area contributed by atoms with Crippen LogP contribution in [0.3, 0.4) is 0 Å². The highest BCUT2D eigenvalue weighted by atomic mass is 127. The van der Waals surface area contributed by atoms with Crippen molar-refractivity contribution in [1.82, 2.24) is 15.5 Å². The number of halogens is 1. The third kappa shape index (κ3) is 10.3. The predicted molar refractivity (Wildman–Crippen MR) is 101 cm³/mol. The minimum atomic E-state index is 0. The van der Waals surface area contributed by atoms with Crippen molar-refractivity contribution < 1.29 is 4.74 Å². The number of likely N-dealkylation sites (N-methyl/N-ethyl adjacent to an activating group) is 1. The number of hydrogen-bond donors (Lipinski definition) is 2. The van der Waals surface area contributed by atoms with E-state index in [-0.39, 0.29) is 24.0 Å². The van der Waals surface area contributed by atoms with Gasteiger partial charge in [-0.15, -0.1) is 24.0 Å². The van der Waals surface area contributed by atoms with E-state index in [1.807, 2.05) is 6.92 Å². The van der Waals surface area contributed by atoms with Gasteiger partial charge in [0.1, 0.15) is 0 Å². The van der Waals surface area contributed by atoms with Gasteiger partial charge < -0.3 is 15.4 Å². The Morgan fingerprint density at radius 2 is 2.00 bits per heavy atom. The topological polar surface area (TPSA) is 48.9 Å². The number of aliphatic imine (C=N–C) groups is 1. The standard InChI is InChI=1S/C15H32N4O.HI/c1-4-16-15(17-10-7-13-20-6-3)18-11-12-19(5-2)14-8-9-14;/h14H,4-13H2,1-3H3,(H2,16,17,18);1H. The summed E-state index contributed by atoms with van der Waals surface area (Å²) in [6, 6.07) is 0.840. The molecule has 0 spiro atoms. The lowest BCUT2D eigenvalue weighted by Crippen LogP contribution is -2.42. The normalized spacial score (nSPS) is 15.0. The molecule has 0 heterocycles. The van der Waals surface area contributed by atoms with Crippen molar-refractivity contribution in [3.63, 3.8) is 0 Å². The summed E-state index contributed by atoms with van der Waals surface area (Å²) in [7, 11) is 0. The van der Waals surface area contributed by atoms with E-state index in [1.54, 1.807) is 0 Å². The Hall–Kier alpha value is -0.0800. The van der Waals surface area contributed by atoms with Crippen molar-refractivity contribution in [3.05, 3.63) is 0 Å². The molecular formula is C15H33IN4O. The maximum atomic E-state index is 5.32. The zero-order valence-electron chi connectivity index (χ0n) is 13.9. The Labute approximate surface area is 147 Å². The van der Waals surface area contributed by atoms with Crippen LogP contribution in [0.25, 0.3) is 0 Å². The molecule has 6 heteroatoms. The molecule has 21 heavy (non-hydrogen) atoms. The molecule has 1 aliphatic rings. The lowest BCUT2D eigenvalue weighted by Gasteiger charge is -2.20. The average Bonchev–Trinajstić information content (AvgIpc) is 3.27. The fraction of sp³-hybridized carbons (Fsp3) is 0.933. The van der Waals surface area contributed by atoms with Crippen LogP contribution in [-0.2, 0) is 4.74 Å². The molecule has 0 aromatic rings. The van der Waals surface area contributed by atoms with Crippen LogP contribution in [0, 0.1) is 0 Å². The predicted octanol–water partition coefficient (Wildman–Crippen LogP) is 2.07. The molecule has 0 aromatic carbocycles. The van der Waals surface area contributed by atoms with E-state index in [2.05, 4.69) is 34.4 Å². The molecule has 0 atom stereocenters. The van der Waals surface area contributed by atoms with E-state index in [0.717, 1.165) is 64.4 Å². The second kappa shape index (κ2) is 13.6. The van der Waals surface area contributed by atoms with Gasteiger partial charge >= 0.3 is 0 Å². The Balaban J connectivity index is 0.00000400. The van der Waals surface area contributed by atoms with Crippen LogP contribution in [0.4, 0.5) is 0 Å². The molecule has 2 N–H and O–H groups in total. The van der Waals surface area contributed by atoms with Crippen LogP contribution >= 0.6 is 24.0 Å². The van der Waals surface area contributed by atoms with Crippen LogP contribution in [0.15, 0.2) is 4.99 Å². The second-order valence-electron chi connectivity index (χ2n) is 5.10. The minimum Gasteiger partial charge on any atom is -0.382 e. The lowest BCUT2D eigenvalue weighted by molar-refractivity contribution is 0.146. The van der Waals surface area contributed by atoms with Crippen molar-refractivity contribution in [3.8, 4) is 0 Å². The molecule has 5 nitrogen and oxygen atoms in total. The first-order valence-corrected chi connectivity index (χ1v) is 8.15. The molecule has 0 saturated heterocycles. The van der Waals surface area contributed by atoms with Gasteiger partial charge in [0.05, 0.1) is 0 Å². The van der Waals surface area contributed by atoms with Crippen LogP contribution in [-0.4, -0.2) is 62.8 Å². The number of nitrogens with one attached hydrogen (secondary N) is 2. The fourth-order valence-electron chi connectivity index (χ4n) is 2.20. The first kappa shape index (κ1) is 20.9. The highest BCUT2D eigenvalue weighted by molar-refractivity contribution is 14.0. The number of rotatable bonds is 11. The number of guanidine groups is 1. The zero-order valence-corrected chi connectivity index (χ0v) is 16.2. The van der Waals surface area contributed by atoms with E-state index in [1.165, 1.54) is 12.8 Å². The van der Waals surface area contributed by atoms with Gasteiger partial charge in [0.2, 0.25) is 0 Å². The summed E-state index contributed by atoms with van der Waals surface area (Å²) in [5.74, 6) is 0.927. The molecule has 1 rings (SSSR count). The van der Waals surface area contributed by atoms with Crippen LogP contribution in [0.2, 0.25) is 0 Å². The van der Waals surface area contributed by atoms with Crippen molar-refractivity contribution in [1.29, 1.82) is 0 Å². The van der Waals surface area contributed by atoms with Crippen molar-refractivity contribution in [2.24, 2.45) is 4.99 Å². The third-order valence-corrected chi connectivity index (χ3v) is 3.43. The maximum Gasteiger partial charge on any atom is 0.191 e. The first-order chi connectivity index (χ1) is 9.81.